The highest BCUT2D eigenvalue weighted by atomic mass is 32.2. The van der Waals surface area contributed by atoms with E-state index in [-0.39, 0.29) is 5.75 Å². The van der Waals surface area contributed by atoms with Crippen LogP contribution in [-0.4, -0.2) is 21.6 Å². The molecule has 5 heteroatoms. The largest absolute Gasteiger partial charge is 0.508 e. The molecular formula is C9H8N2O2S. The Balaban J connectivity index is 2.34. The lowest BCUT2D eigenvalue weighted by atomic mass is 10.2. The number of aromatic nitrogens is 2. The third kappa shape index (κ3) is 1.72. The van der Waals surface area contributed by atoms with Crippen LogP contribution in [0, 0.1) is 0 Å². The van der Waals surface area contributed by atoms with Crippen molar-refractivity contribution in [3.63, 3.8) is 0 Å². The molecule has 0 radical (unpaired) electrons. The average molecular weight is 208 g/mol. The normalized spacial score (nSPS) is 10.4. The lowest BCUT2D eigenvalue weighted by Crippen LogP contribution is -1.76. The molecule has 1 aromatic carbocycles. The smallest absolute Gasteiger partial charge is 0.276 e. The Kier molecular flexibility index (Phi) is 2.41. The van der Waals surface area contributed by atoms with Gasteiger partial charge >= 0.3 is 0 Å². The van der Waals surface area contributed by atoms with Gasteiger partial charge in [0.2, 0.25) is 5.89 Å². The van der Waals surface area contributed by atoms with Crippen LogP contribution in [0.5, 0.6) is 5.75 Å². The molecule has 2 rings (SSSR count). The van der Waals surface area contributed by atoms with Crippen molar-refractivity contribution in [3.05, 3.63) is 24.3 Å². The van der Waals surface area contributed by atoms with Crippen molar-refractivity contribution >= 4 is 11.8 Å². The first-order chi connectivity index (χ1) is 6.79. The second kappa shape index (κ2) is 3.71. The van der Waals surface area contributed by atoms with Gasteiger partial charge in [-0.25, -0.2) is 0 Å². The van der Waals surface area contributed by atoms with Gasteiger partial charge in [0.05, 0.1) is 0 Å². The minimum absolute atomic E-state index is 0.221. The SMILES string of the molecule is CSc1nnc(-c2ccc(O)cc2)o1. The van der Waals surface area contributed by atoms with Crippen molar-refractivity contribution in [2.45, 2.75) is 5.22 Å². The van der Waals surface area contributed by atoms with Crippen LogP contribution in [-0.2, 0) is 0 Å². The molecule has 0 saturated heterocycles. The molecule has 2 aromatic rings. The first kappa shape index (κ1) is 9.08. The molecule has 0 aliphatic rings. The Morgan fingerprint density at radius 1 is 1.21 bits per heavy atom. The Bertz CT molecular complexity index is 425. The summed E-state index contributed by atoms with van der Waals surface area (Å²) in [4.78, 5) is 0. The molecule has 0 amide bonds. The van der Waals surface area contributed by atoms with Crippen molar-refractivity contribution < 1.29 is 9.52 Å². The van der Waals surface area contributed by atoms with Gasteiger partial charge in [0.1, 0.15) is 5.75 Å². The van der Waals surface area contributed by atoms with E-state index in [4.69, 9.17) is 9.52 Å². The third-order valence-electron chi connectivity index (χ3n) is 1.70. The fourth-order valence-electron chi connectivity index (χ4n) is 1.01. The zero-order valence-electron chi connectivity index (χ0n) is 7.47. The van der Waals surface area contributed by atoms with E-state index in [1.54, 1.807) is 24.3 Å². The Morgan fingerprint density at radius 2 is 1.93 bits per heavy atom. The first-order valence-corrected chi connectivity index (χ1v) is 5.19. The molecule has 0 spiro atoms. The lowest BCUT2D eigenvalue weighted by Gasteiger charge is -1.93. The van der Waals surface area contributed by atoms with Crippen LogP contribution in [0.4, 0.5) is 0 Å². The zero-order valence-corrected chi connectivity index (χ0v) is 8.28. The number of phenolic OH excluding ortho intramolecular Hbond substituents is 1. The van der Waals surface area contributed by atoms with E-state index >= 15 is 0 Å². The van der Waals surface area contributed by atoms with Crippen LogP contribution >= 0.6 is 11.8 Å². The number of rotatable bonds is 2. The van der Waals surface area contributed by atoms with Gasteiger partial charge in [-0.05, 0) is 30.5 Å². The van der Waals surface area contributed by atoms with E-state index in [1.807, 2.05) is 6.26 Å². The van der Waals surface area contributed by atoms with Gasteiger partial charge in [-0.2, -0.15) is 0 Å². The van der Waals surface area contributed by atoms with E-state index in [2.05, 4.69) is 10.2 Å². The molecular weight excluding hydrogens is 200 g/mol. The third-order valence-corrected chi connectivity index (χ3v) is 2.21. The molecule has 14 heavy (non-hydrogen) atoms. The summed E-state index contributed by atoms with van der Waals surface area (Å²) < 4.78 is 5.32. The van der Waals surface area contributed by atoms with Gasteiger partial charge in [-0.1, -0.05) is 11.8 Å². The van der Waals surface area contributed by atoms with Gasteiger partial charge in [0, 0.05) is 5.56 Å². The highest BCUT2D eigenvalue weighted by Crippen LogP contribution is 2.23. The molecule has 1 aromatic heterocycles. The standard InChI is InChI=1S/C9H8N2O2S/c1-14-9-11-10-8(13-9)6-2-4-7(12)5-3-6/h2-5,12H,1H3. The minimum atomic E-state index is 0.221. The molecule has 0 fully saturated rings. The molecule has 1 heterocycles. The molecule has 0 atom stereocenters. The van der Waals surface area contributed by atoms with E-state index in [0.29, 0.717) is 11.1 Å². The maximum absolute atomic E-state index is 9.08. The summed E-state index contributed by atoms with van der Waals surface area (Å²) in [5.74, 6) is 0.688. The van der Waals surface area contributed by atoms with Crippen LogP contribution in [0.25, 0.3) is 11.5 Å². The van der Waals surface area contributed by atoms with Crippen LogP contribution in [0.2, 0.25) is 0 Å². The van der Waals surface area contributed by atoms with Crippen molar-refractivity contribution in [1.29, 1.82) is 0 Å². The topological polar surface area (TPSA) is 59.2 Å². The molecule has 0 unspecified atom stereocenters. The summed E-state index contributed by atoms with van der Waals surface area (Å²) in [5, 5.41) is 17.3. The van der Waals surface area contributed by atoms with Crippen molar-refractivity contribution in [2.24, 2.45) is 0 Å². The lowest BCUT2D eigenvalue weighted by molar-refractivity contribution is 0.465. The summed E-state index contributed by atoms with van der Waals surface area (Å²) in [6, 6.07) is 6.62. The number of hydrogen-bond donors (Lipinski definition) is 1. The maximum Gasteiger partial charge on any atom is 0.276 e. The van der Waals surface area contributed by atoms with E-state index in [9.17, 15) is 0 Å². The van der Waals surface area contributed by atoms with Crippen molar-refractivity contribution in [2.75, 3.05) is 6.26 Å². The predicted molar refractivity (Wildman–Crippen MR) is 53.2 cm³/mol. The molecule has 0 aliphatic carbocycles. The average Bonchev–Trinajstić information content (AvgIpc) is 2.67. The molecule has 4 nitrogen and oxygen atoms in total. The number of thioether (sulfide) groups is 1. The Morgan fingerprint density at radius 3 is 2.50 bits per heavy atom. The van der Waals surface area contributed by atoms with Crippen LogP contribution in [0.3, 0.4) is 0 Å². The number of nitrogens with zero attached hydrogens (tertiary/aromatic N) is 2. The van der Waals surface area contributed by atoms with Crippen LogP contribution in [0.15, 0.2) is 33.9 Å². The van der Waals surface area contributed by atoms with Gasteiger partial charge < -0.3 is 9.52 Å². The van der Waals surface area contributed by atoms with E-state index in [1.165, 1.54) is 11.8 Å². The second-order valence-electron chi connectivity index (χ2n) is 2.62. The minimum Gasteiger partial charge on any atom is -0.508 e. The number of phenols is 1. The van der Waals surface area contributed by atoms with Crippen LogP contribution in [0.1, 0.15) is 0 Å². The summed E-state index contributed by atoms with van der Waals surface area (Å²) in [6.07, 6.45) is 1.87. The maximum atomic E-state index is 9.08. The quantitative estimate of drug-likeness (QED) is 0.766. The molecule has 0 saturated carbocycles. The van der Waals surface area contributed by atoms with E-state index in [0.717, 1.165) is 5.56 Å². The fraction of sp³-hybridized carbons (Fsp3) is 0.111. The number of hydrogen-bond acceptors (Lipinski definition) is 5. The summed E-state index contributed by atoms with van der Waals surface area (Å²) >= 11 is 1.40. The monoisotopic (exact) mass is 208 g/mol. The second-order valence-corrected chi connectivity index (χ2v) is 3.38. The predicted octanol–water partition coefficient (Wildman–Crippen LogP) is 2.16. The highest BCUT2D eigenvalue weighted by molar-refractivity contribution is 7.98. The summed E-state index contributed by atoms with van der Waals surface area (Å²) in [7, 11) is 0. The molecule has 72 valence electrons. The van der Waals surface area contributed by atoms with Gasteiger partial charge in [0.25, 0.3) is 5.22 Å². The molecule has 0 bridgehead atoms. The van der Waals surface area contributed by atoms with Crippen molar-refractivity contribution in [1.82, 2.24) is 10.2 Å². The van der Waals surface area contributed by atoms with Gasteiger partial charge in [-0.3, -0.25) is 0 Å². The van der Waals surface area contributed by atoms with Gasteiger partial charge in [0.15, 0.2) is 0 Å². The highest BCUT2D eigenvalue weighted by Gasteiger charge is 2.06. The van der Waals surface area contributed by atoms with Crippen LogP contribution < -0.4 is 0 Å². The Labute approximate surface area is 85.0 Å². The first-order valence-electron chi connectivity index (χ1n) is 3.96. The number of aromatic hydroxyl groups is 1. The zero-order chi connectivity index (χ0) is 9.97. The van der Waals surface area contributed by atoms with E-state index < -0.39 is 0 Å². The van der Waals surface area contributed by atoms with Crippen molar-refractivity contribution in [3.8, 4) is 17.2 Å². The Hall–Kier alpha value is -1.49. The molecule has 0 aliphatic heterocycles. The summed E-state index contributed by atoms with van der Waals surface area (Å²) in [6.45, 7) is 0. The van der Waals surface area contributed by atoms with Gasteiger partial charge in [-0.15, -0.1) is 10.2 Å². The number of benzene rings is 1. The molecule has 1 N–H and O–H groups in total. The summed E-state index contributed by atoms with van der Waals surface area (Å²) in [5.41, 5.74) is 0.801. The fourth-order valence-corrected chi connectivity index (χ4v) is 1.30.